The van der Waals surface area contributed by atoms with Gasteiger partial charge in [-0.2, -0.15) is 0 Å². The van der Waals surface area contributed by atoms with Crippen LogP contribution in [-0.4, -0.2) is 5.78 Å². The highest BCUT2D eigenvalue weighted by Gasteiger charge is 2.03. The van der Waals surface area contributed by atoms with Gasteiger partial charge in [0.15, 0.2) is 5.78 Å². The Labute approximate surface area is 128 Å². The molecule has 2 nitrogen and oxygen atoms in total. The zero-order valence-corrected chi connectivity index (χ0v) is 12.3. The van der Waals surface area contributed by atoms with Gasteiger partial charge in [-0.3, -0.25) is 4.79 Å². The molecule has 21 heavy (non-hydrogen) atoms. The van der Waals surface area contributed by atoms with Crippen LogP contribution in [0.25, 0.3) is 0 Å². The molecule has 0 saturated heterocycles. The Morgan fingerprint density at radius 2 is 1.95 bits per heavy atom. The van der Waals surface area contributed by atoms with Crippen LogP contribution in [0, 0.1) is 5.82 Å². The van der Waals surface area contributed by atoms with Gasteiger partial charge in [0.25, 0.3) is 0 Å². The molecule has 0 aliphatic rings. The van der Waals surface area contributed by atoms with E-state index in [9.17, 15) is 9.18 Å². The molecule has 0 bridgehead atoms. The number of hydrogen-bond donors (Lipinski definition) is 1. The van der Waals surface area contributed by atoms with Crippen molar-refractivity contribution < 1.29 is 9.18 Å². The maximum Gasteiger partial charge on any atom is 0.187 e. The number of halogens is 2. The van der Waals surface area contributed by atoms with Crippen LogP contribution < -0.4 is 5.32 Å². The predicted octanol–water partition coefficient (Wildman–Crippen LogP) is 4.85. The normalized spacial score (nSPS) is 10.8. The zero-order valence-electron chi connectivity index (χ0n) is 11.6. The molecule has 0 fully saturated rings. The lowest BCUT2D eigenvalue weighted by Crippen LogP contribution is -1.97. The van der Waals surface area contributed by atoms with Gasteiger partial charge in [0.05, 0.1) is 5.69 Å². The van der Waals surface area contributed by atoms with Crippen molar-refractivity contribution in [3.05, 3.63) is 76.7 Å². The highest BCUT2D eigenvalue weighted by molar-refractivity contribution is 6.30. The van der Waals surface area contributed by atoms with E-state index in [1.54, 1.807) is 18.2 Å². The maximum absolute atomic E-state index is 13.5. The quantitative estimate of drug-likeness (QED) is 0.632. The molecule has 0 atom stereocenters. The number of benzene rings is 2. The molecule has 0 heterocycles. The average Bonchev–Trinajstić information content (AvgIpc) is 2.49. The first kappa shape index (κ1) is 15.3. The minimum atomic E-state index is -0.466. The van der Waals surface area contributed by atoms with Crippen molar-refractivity contribution in [1.29, 1.82) is 0 Å². The number of nitrogens with one attached hydrogen (secondary N) is 1. The molecular weight excluding hydrogens is 289 g/mol. The standard InChI is InChI=1S/C17H15ClFNO/c1-2-12-3-5-13(6-4-12)17(21)9-10-20-16-8-7-14(18)11-15(16)19/h3-11,20H,2H2,1H3/b10-9+. The molecule has 4 heteroatoms. The van der Waals surface area contributed by atoms with Crippen molar-refractivity contribution in [2.75, 3.05) is 5.32 Å². The Morgan fingerprint density at radius 3 is 2.57 bits per heavy atom. The van der Waals surface area contributed by atoms with Crippen LogP contribution in [-0.2, 0) is 6.42 Å². The number of aryl methyl sites for hydroxylation is 1. The van der Waals surface area contributed by atoms with Crippen molar-refractivity contribution in [1.82, 2.24) is 0 Å². The lowest BCUT2D eigenvalue weighted by molar-refractivity contribution is 0.104. The summed E-state index contributed by atoms with van der Waals surface area (Å²) >= 11 is 5.67. The van der Waals surface area contributed by atoms with Crippen LogP contribution in [0.15, 0.2) is 54.7 Å². The summed E-state index contributed by atoms with van der Waals surface area (Å²) in [5.41, 5.74) is 2.04. The van der Waals surface area contributed by atoms with Crippen molar-refractivity contribution >= 4 is 23.1 Å². The minimum Gasteiger partial charge on any atom is -0.359 e. The summed E-state index contributed by atoms with van der Waals surface area (Å²) in [6.07, 6.45) is 3.72. The summed E-state index contributed by atoms with van der Waals surface area (Å²) in [5.74, 6) is -0.605. The molecule has 2 aromatic rings. The molecular formula is C17H15ClFNO. The number of carbonyl (C=O) groups is 1. The highest BCUT2D eigenvalue weighted by Crippen LogP contribution is 2.18. The van der Waals surface area contributed by atoms with E-state index in [0.29, 0.717) is 10.6 Å². The molecule has 1 N–H and O–H groups in total. The maximum atomic E-state index is 13.5. The lowest BCUT2D eigenvalue weighted by atomic mass is 10.1. The van der Waals surface area contributed by atoms with Gasteiger partial charge < -0.3 is 5.32 Å². The van der Waals surface area contributed by atoms with Gasteiger partial charge in [0, 0.05) is 22.9 Å². The van der Waals surface area contributed by atoms with Crippen LogP contribution in [0.2, 0.25) is 5.02 Å². The van der Waals surface area contributed by atoms with Gasteiger partial charge >= 0.3 is 0 Å². The Morgan fingerprint density at radius 1 is 1.24 bits per heavy atom. The smallest absolute Gasteiger partial charge is 0.187 e. The molecule has 0 aliphatic carbocycles. The van der Waals surface area contributed by atoms with Crippen LogP contribution >= 0.6 is 11.6 Å². The third-order valence-electron chi connectivity index (χ3n) is 3.05. The fourth-order valence-corrected chi connectivity index (χ4v) is 1.97. The van der Waals surface area contributed by atoms with E-state index in [2.05, 4.69) is 12.2 Å². The van der Waals surface area contributed by atoms with Gasteiger partial charge in [-0.25, -0.2) is 4.39 Å². The minimum absolute atomic E-state index is 0.139. The van der Waals surface area contributed by atoms with E-state index >= 15 is 0 Å². The molecule has 0 saturated carbocycles. The lowest BCUT2D eigenvalue weighted by Gasteiger charge is -2.03. The van der Waals surface area contributed by atoms with Crippen LogP contribution in [0.4, 0.5) is 10.1 Å². The fourth-order valence-electron chi connectivity index (χ4n) is 1.81. The second-order valence-corrected chi connectivity index (χ2v) is 4.95. The van der Waals surface area contributed by atoms with Gasteiger partial charge in [-0.05, 0) is 30.2 Å². The van der Waals surface area contributed by atoms with E-state index in [0.717, 1.165) is 6.42 Å². The molecule has 0 radical (unpaired) electrons. The molecule has 0 aromatic heterocycles. The average molecular weight is 304 g/mol. The van der Waals surface area contributed by atoms with E-state index in [4.69, 9.17) is 11.6 Å². The third kappa shape index (κ3) is 4.17. The monoisotopic (exact) mass is 303 g/mol. The number of allylic oxidation sites excluding steroid dienone is 1. The number of carbonyl (C=O) groups excluding carboxylic acids is 1. The number of hydrogen-bond acceptors (Lipinski definition) is 2. The third-order valence-corrected chi connectivity index (χ3v) is 3.29. The zero-order chi connectivity index (χ0) is 15.2. The van der Waals surface area contributed by atoms with Crippen molar-refractivity contribution in [2.24, 2.45) is 0 Å². The molecule has 2 aromatic carbocycles. The fraction of sp³-hybridized carbons (Fsp3) is 0.118. The van der Waals surface area contributed by atoms with E-state index in [1.165, 1.54) is 30.0 Å². The molecule has 0 spiro atoms. The number of anilines is 1. The molecule has 108 valence electrons. The summed E-state index contributed by atoms with van der Waals surface area (Å²) in [6.45, 7) is 2.06. The van der Waals surface area contributed by atoms with Crippen LogP contribution in [0.1, 0.15) is 22.8 Å². The predicted molar refractivity (Wildman–Crippen MR) is 84.3 cm³/mol. The summed E-state index contributed by atoms with van der Waals surface area (Å²) in [5, 5.41) is 3.06. The Kier molecular flexibility index (Phi) is 5.12. The van der Waals surface area contributed by atoms with E-state index in [1.807, 2.05) is 12.1 Å². The van der Waals surface area contributed by atoms with Gasteiger partial charge in [0.2, 0.25) is 0 Å². The molecule has 2 rings (SSSR count). The first-order valence-corrected chi connectivity index (χ1v) is 6.99. The first-order chi connectivity index (χ1) is 10.1. The van der Waals surface area contributed by atoms with Crippen LogP contribution in [0.5, 0.6) is 0 Å². The topological polar surface area (TPSA) is 29.1 Å². The summed E-state index contributed by atoms with van der Waals surface area (Å²) in [7, 11) is 0. The van der Waals surface area contributed by atoms with Crippen LogP contribution in [0.3, 0.4) is 0 Å². The summed E-state index contributed by atoms with van der Waals surface area (Å²) in [4.78, 5) is 11.9. The molecule has 0 amide bonds. The Hall–Kier alpha value is -2.13. The molecule has 0 aliphatic heterocycles. The van der Waals surface area contributed by atoms with Gasteiger partial charge in [-0.15, -0.1) is 0 Å². The largest absolute Gasteiger partial charge is 0.359 e. The van der Waals surface area contributed by atoms with Crippen molar-refractivity contribution in [3.8, 4) is 0 Å². The van der Waals surface area contributed by atoms with Crippen molar-refractivity contribution in [2.45, 2.75) is 13.3 Å². The molecule has 0 unspecified atom stereocenters. The SMILES string of the molecule is CCc1ccc(C(=O)/C=C/Nc2ccc(Cl)cc2F)cc1. The second kappa shape index (κ2) is 7.04. The van der Waals surface area contributed by atoms with E-state index in [-0.39, 0.29) is 11.5 Å². The first-order valence-electron chi connectivity index (χ1n) is 6.61. The number of ketones is 1. The van der Waals surface area contributed by atoms with Crippen molar-refractivity contribution in [3.63, 3.8) is 0 Å². The second-order valence-electron chi connectivity index (χ2n) is 4.52. The summed E-state index contributed by atoms with van der Waals surface area (Å²) < 4.78 is 13.5. The highest BCUT2D eigenvalue weighted by atomic mass is 35.5. The Balaban J connectivity index is 2.01. The summed E-state index contributed by atoms with van der Waals surface area (Å²) in [6, 6.07) is 11.7. The van der Waals surface area contributed by atoms with Gasteiger partial charge in [0.1, 0.15) is 5.82 Å². The Bertz CT molecular complexity index is 665. The van der Waals surface area contributed by atoms with Gasteiger partial charge in [-0.1, -0.05) is 42.8 Å². The van der Waals surface area contributed by atoms with E-state index < -0.39 is 5.82 Å². The number of rotatable bonds is 5.